The van der Waals surface area contributed by atoms with Gasteiger partial charge in [0.2, 0.25) is 0 Å². The van der Waals surface area contributed by atoms with Gasteiger partial charge in [-0.15, -0.1) is 0 Å². The Morgan fingerprint density at radius 3 is 2.33 bits per heavy atom. The number of rotatable bonds is 1. The fourth-order valence-electron chi connectivity index (χ4n) is 3.51. The predicted octanol–water partition coefficient (Wildman–Crippen LogP) is 2.10. The molecule has 0 amide bonds. The SMILES string of the molecule is CC1CC(C)CN(C2CCCNC2C)C1. The first-order valence-electron chi connectivity index (χ1n) is 6.64. The molecule has 0 saturated carbocycles. The lowest BCUT2D eigenvalue weighted by Crippen LogP contribution is -2.55. The Hall–Kier alpha value is -0.0800. The van der Waals surface area contributed by atoms with Gasteiger partial charge in [-0.2, -0.15) is 0 Å². The third kappa shape index (κ3) is 2.73. The Labute approximate surface area is 94.4 Å². The van der Waals surface area contributed by atoms with Crippen molar-refractivity contribution in [1.29, 1.82) is 0 Å². The molecule has 1 N–H and O–H groups in total. The monoisotopic (exact) mass is 210 g/mol. The highest BCUT2D eigenvalue weighted by atomic mass is 15.2. The standard InChI is InChI=1S/C13H26N2/c1-10-7-11(2)9-15(8-10)13-5-4-6-14-12(13)3/h10-14H,4-9H2,1-3H3. The summed E-state index contributed by atoms with van der Waals surface area (Å²) < 4.78 is 0. The highest BCUT2D eigenvalue weighted by molar-refractivity contribution is 4.88. The van der Waals surface area contributed by atoms with E-state index >= 15 is 0 Å². The average Bonchev–Trinajstić information content (AvgIpc) is 2.16. The minimum Gasteiger partial charge on any atom is -0.313 e. The second-order valence-corrected chi connectivity index (χ2v) is 5.85. The number of nitrogens with zero attached hydrogens (tertiary/aromatic N) is 1. The van der Waals surface area contributed by atoms with Gasteiger partial charge in [-0.1, -0.05) is 13.8 Å². The van der Waals surface area contributed by atoms with E-state index in [-0.39, 0.29) is 0 Å². The van der Waals surface area contributed by atoms with Crippen LogP contribution < -0.4 is 5.32 Å². The first-order chi connectivity index (χ1) is 7.16. The quantitative estimate of drug-likeness (QED) is 0.713. The molecule has 0 aromatic heterocycles. The molecule has 2 saturated heterocycles. The predicted molar refractivity (Wildman–Crippen MR) is 65.0 cm³/mol. The number of likely N-dealkylation sites (tertiary alicyclic amines) is 1. The third-order valence-corrected chi connectivity index (χ3v) is 4.09. The van der Waals surface area contributed by atoms with Crippen LogP contribution in [0.1, 0.15) is 40.0 Å². The van der Waals surface area contributed by atoms with Crippen LogP contribution in [0.15, 0.2) is 0 Å². The lowest BCUT2D eigenvalue weighted by Gasteiger charge is -2.44. The van der Waals surface area contributed by atoms with Gasteiger partial charge < -0.3 is 5.32 Å². The van der Waals surface area contributed by atoms with Gasteiger partial charge in [0.15, 0.2) is 0 Å². The molecule has 88 valence electrons. The molecule has 2 fully saturated rings. The topological polar surface area (TPSA) is 15.3 Å². The lowest BCUT2D eigenvalue weighted by atomic mass is 9.88. The fraction of sp³-hybridized carbons (Fsp3) is 1.00. The van der Waals surface area contributed by atoms with Gasteiger partial charge >= 0.3 is 0 Å². The summed E-state index contributed by atoms with van der Waals surface area (Å²) in [6.07, 6.45) is 4.17. The van der Waals surface area contributed by atoms with Crippen LogP contribution in [0.25, 0.3) is 0 Å². The van der Waals surface area contributed by atoms with Crippen molar-refractivity contribution in [3.63, 3.8) is 0 Å². The zero-order chi connectivity index (χ0) is 10.8. The van der Waals surface area contributed by atoms with Crippen LogP contribution in [0, 0.1) is 11.8 Å². The number of piperidine rings is 2. The molecule has 2 nitrogen and oxygen atoms in total. The summed E-state index contributed by atoms with van der Waals surface area (Å²) in [5.41, 5.74) is 0. The van der Waals surface area contributed by atoms with Gasteiger partial charge in [-0.25, -0.2) is 0 Å². The van der Waals surface area contributed by atoms with E-state index in [4.69, 9.17) is 0 Å². The minimum absolute atomic E-state index is 0.691. The summed E-state index contributed by atoms with van der Waals surface area (Å²) >= 11 is 0. The van der Waals surface area contributed by atoms with Gasteiger partial charge in [0.05, 0.1) is 0 Å². The molecule has 15 heavy (non-hydrogen) atoms. The maximum absolute atomic E-state index is 3.62. The number of nitrogens with one attached hydrogen (secondary N) is 1. The summed E-state index contributed by atoms with van der Waals surface area (Å²) in [5.74, 6) is 1.78. The molecular weight excluding hydrogens is 184 g/mol. The van der Waals surface area contributed by atoms with Gasteiger partial charge in [0, 0.05) is 25.2 Å². The summed E-state index contributed by atoms with van der Waals surface area (Å²) in [4.78, 5) is 2.75. The average molecular weight is 210 g/mol. The number of hydrogen-bond donors (Lipinski definition) is 1. The molecule has 4 atom stereocenters. The lowest BCUT2D eigenvalue weighted by molar-refractivity contribution is 0.0633. The van der Waals surface area contributed by atoms with Crippen LogP contribution in [-0.4, -0.2) is 36.6 Å². The van der Waals surface area contributed by atoms with Gasteiger partial charge in [-0.3, -0.25) is 4.90 Å². The summed E-state index contributed by atoms with van der Waals surface area (Å²) in [6.45, 7) is 11.0. The van der Waals surface area contributed by atoms with Crippen molar-refractivity contribution >= 4 is 0 Å². The van der Waals surface area contributed by atoms with Crippen molar-refractivity contribution in [1.82, 2.24) is 10.2 Å². The maximum atomic E-state index is 3.62. The molecule has 0 aliphatic carbocycles. The molecule has 2 aliphatic rings. The van der Waals surface area contributed by atoms with E-state index in [0.717, 1.165) is 17.9 Å². The maximum Gasteiger partial charge on any atom is 0.0247 e. The smallest absolute Gasteiger partial charge is 0.0247 e. The molecule has 0 spiro atoms. The molecule has 2 heteroatoms. The van der Waals surface area contributed by atoms with Crippen LogP contribution >= 0.6 is 0 Å². The Morgan fingerprint density at radius 2 is 1.73 bits per heavy atom. The molecule has 0 radical (unpaired) electrons. The van der Waals surface area contributed by atoms with Crippen LogP contribution in [0.4, 0.5) is 0 Å². The van der Waals surface area contributed by atoms with E-state index in [0.29, 0.717) is 6.04 Å². The Morgan fingerprint density at radius 1 is 1.07 bits per heavy atom. The zero-order valence-corrected chi connectivity index (χ0v) is 10.5. The normalized spacial score (nSPS) is 44.2. The van der Waals surface area contributed by atoms with E-state index in [1.54, 1.807) is 0 Å². The second-order valence-electron chi connectivity index (χ2n) is 5.85. The van der Waals surface area contributed by atoms with Crippen molar-refractivity contribution < 1.29 is 0 Å². The van der Waals surface area contributed by atoms with Gasteiger partial charge in [0.25, 0.3) is 0 Å². The highest BCUT2D eigenvalue weighted by Crippen LogP contribution is 2.26. The molecule has 2 rings (SSSR count). The highest BCUT2D eigenvalue weighted by Gasteiger charge is 2.31. The van der Waals surface area contributed by atoms with E-state index in [1.807, 2.05) is 0 Å². The summed E-state index contributed by atoms with van der Waals surface area (Å²) in [7, 11) is 0. The second kappa shape index (κ2) is 4.84. The van der Waals surface area contributed by atoms with Gasteiger partial charge in [-0.05, 0) is 44.6 Å². The first-order valence-corrected chi connectivity index (χ1v) is 6.64. The number of hydrogen-bond acceptors (Lipinski definition) is 2. The minimum atomic E-state index is 0.691. The third-order valence-electron chi connectivity index (χ3n) is 4.09. The molecule has 2 aliphatic heterocycles. The Bertz CT molecular complexity index is 195. The fourth-order valence-corrected chi connectivity index (χ4v) is 3.51. The summed E-state index contributed by atoms with van der Waals surface area (Å²) in [5, 5.41) is 3.62. The first kappa shape index (κ1) is 11.4. The van der Waals surface area contributed by atoms with Crippen molar-refractivity contribution in [3.8, 4) is 0 Å². The van der Waals surface area contributed by atoms with E-state index in [9.17, 15) is 0 Å². The van der Waals surface area contributed by atoms with E-state index in [2.05, 4.69) is 31.0 Å². The molecule has 2 heterocycles. The van der Waals surface area contributed by atoms with E-state index < -0.39 is 0 Å². The molecule has 0 aromatic carbocycles. The molecule has 4 unspecified atom stereocenters. The van der Waals surface area contributed by atoms with Crippen molar-refractivity contribution in [2.24, 2.45) is 11.8 Å². The van der Waals surface area contributed by atoms with Crippen LogP contribution in [0.5, 0.6) is 0 Å². The Balaban J connectivity index is 1.95. The zero-order valence-electron chi connectivity index (χ0n) is 10.5. The van der Waals surface area contributed by atoms with Crippen LogP contribution in [-0.2, 0) is 0 Å². The van der Waals surface area contributed by atoms with Crippen molar-refractivity contribution in [3.05, 3.63) is 0 Å². The largest absolute Gasteiger partial charge is 0.313 e. The van der Waals surface area contributed by atoms with Crippen molar-refractivity contribution in [2.75, 3.05) is 19.6 Å². The summed E-state index contributed by atoms with van der Waals surface area (Å²) in [6, 6.07) is 1.49. The van der Waals surface area contributed by atoms with Crippen LogP contribution in [0.2, 0.25) is 0 Å². The Kier molecular flexibility index (Phi) is 3.68. The van der Waals surface area contributed by atoms with Gasteiger partial charge in [0.1, 0.15) is 0 Å². The van der Waals surface area contributed by atoms with Crippen LogP contribution in [0.3, 0.4) is 0 Å². The molecular formula is C13H26N2. The van der Waals surface area contributed by atoms with Crippen molar-refractivity contribution in [2.45, 2.75) is 52.1 Å². The molecule has 0 bridgehead atoms. The van der Waals surface area contributed by atoms with E-state index in [1.165, 1.54) is 38.9 Å². The molecule has 0 aromatic rings.